The Morgan fingerprint density at radius 3 is 2.53 bits per heavy atom. The predicted molar refractivity (Wildman–Crippen MR) is 126 cm³/mol. The van der Waals surface area contributed by atoms with E-state index in [0.29, 0.717) is 25.0 Å². The lowest BCUT2D eigenvalue weighted by Gasteiger charge is -2.21. The molecule has 0 saturated carbocycles. The molecular formula is C25H29N2O4P. The summed E-state index contributed by atoms with van der Waals surface area (Å²) in [5, 5.41) is 0. The Labute approximate surface area is 189 Å². The maximum atomic E-state index is 13.8. The van der Waals surface area contributed by atoms with Crippen LogP contribution in [0.2, 0.25) is 0 Å². The Bertz CT molecular complexity index is 1100. The molecule has 0 amide bonds. The lowest BCUT2D eigenvalue weighted by atomic mass is 10.0. The molecular weight excluding hydrogens is 423 g/mol. The smallest absolute Gasteiger partial charge is 0.383 e. The monoisotopic (exact) mass is 452 g/mol. The highest BCUT2D eigenvalue weighted by molar-refractivity contribution is 7.53. The SMILES string of the molecule is CCOP(=O)(Cc1cc(CCC(=O)CC)ccc1C)Oc1ccccc1-c1cncnc1. The molecule has 1 atom stereocenters. The number of ketones is 1. The summed E-state index contributed by atoms with van der Waals surface area (Å²) in [4.78, 5) is 19.8. The number of nitrogens with zero attached hydrogens (tertiary/aromatic N) is 2. The standard InChI is InChI=1S/C25H29N2O4P/c1-4-23(28)13-12-20-11-10-19(3)21(14-20)17-32(29,30-5-2)31-25-9-7-6-8-24(25)22-15-26-18-27-16-22/h6-11,14-16,18H,4-5,12-13,17H2,1-3H3. The molecule has 1 unspecified atom stereocenters. The number of aromatic nitrogens is 2. The van der Waals surface area contributed by atoms with Gasteiger partial charge in [0.15, 0.2) is 0 Å². The molecule has 3 aromatic rings. The van der Waals surface area contributed by atoms with Gasteiger partial charge in [-0.15, -0.1) is 0 Å². The van der Waals surface area contributed by atoms with Crippen molar-refractivity contribution < 1.29 is 18.4 Å². The van der Waals surface area contributed by atoms with Crippen LogP contribution >= 0.6 is 7.60 Å². The van der Waals surface area contributed by atoms with E-state index in [9.17, 15) is 9.36 Å². The van der Waals surface area contributed by atoms with Crippen LogP contribution in [0.1, 0.15) is 43.4 Å². The molecule has 1 heterocycles. The van der Waals surface area contributed by atoms with Gasteiger partial charge in [-0.05, 0) is 43.0 Å². The number of carbonyl (C=O) groups excluding carboxylic acids is 1. The molecule has 0 saturated heterocycles. The van der Waals surface area contributed by atoms with Crippen LogP contribution < -0.4 is 4.52 Å². The fraction of sp³-hybridized carbons (Fsp3) is 0.320. The molecule has 2 aromatic carbocycles. The molecule has 1 aromatic heterocycles. The molecule has 6 nitrogen and oxygen atoms in total. The van der Waals surface area contributed by atoms with Crippen molar-refractivity contribution in [1.82, 2.24) is 9.97 Å². The van der Waals surface area contributed by atoms with Crippen LogP contribution in [0.25, 0.3) is 11.1 Å². The highest BCUT2D eigenvalue weighted by atomic mass is 31.2. The van der Waals surface area contributed by atoms with Crippen molar-refractivity contribution >= 4 is 13.4 Å². The quantitative estimate of drug-likeness (QED) is 0.324. The minimum absolute atomic E-state index is 0.141. The van der Waals surface area contributed by atoms with E-state index in [2.05, 4.69) is 9.97 Å². The molecule has 0 aliphatic heterocycles. The number of aryl methyl sites for hydroxylation is 2. The topological polar surface area (TPSA) is 78.4 Å². The molecule has 0 aliphatic carbocycles. The number of carbonyl (C=O) groups is 1. The first kappa shape index (κ1) is 23.8. The summed E-state index contributed by atoms with van der Waals surface area (Å²) in [6.07, 6.45) is 6.68. The zero-order chi connectivity index (χ0) is 23.0. The predicted octanol–water partition coefficient (Wildman–Crippen LogP) is 6.17. The Morgan fingerprint density at radius 1 is 1.06 bits per heavy atom. The van der Waals surface area contributed by atoms with E-state index in [1.54, 1.807) is 25.4 Å². The first-order chi connectivity index (χ1) is 15.4. The van der Waals surface area contributed by atoms with Gasteiger partial charge in [0.25, 0.3) is 0 Å². The third-order valence-corrected chi connectivity index (χ3v) is 7.04. The van der Waals surface area contributed by atoms with Crippen LogP contribution in [0.4, 0.5) is 0 Å². The zero-order valence-electron chi connectivity index (χ0n) is 18.8. The Hall–Kier alpha value is -2.82. The third kappa shape index (κ3) is 6.35. The first-order valence-electron chi connectivity index (χ1n) is 10.8. The van der Waals surface area contributed by atoms with E-state index in [1.165, 1.54) is 6.33 Å². The highest BCUT2D eigenvalue weighted by Gasteiger charge is 2.28. The van der Waals surface area contributed by atoms with Gasteiger partial charge in [0.05, 0.1) is 12.8 Å². The van der Waals surface area contributed by atoms with Crippen LogP contribution in [0.5, 0.6) is 5.75 Å². The van der Waals surface area contributed by atoms with Crippen molar-refractivity contribution in [1.29, 1.82) is 0 Å². The van der Waals surface area contributed by atoms with E-state index in [1.807, 2.05) is 50.2 Å². The normalized spacial score (nSPS) is 12.8. The van der Waals surface area contributed by atoms with E-state index < -0.39 is 7.60 Å². The maximum absolute atomic E-state index is 13.8. The second-order valence-electron chi connectivity index (χ2n) is 7.55. The molecule has 0 N–H and O–H groups in total. The van der Waals surface area contributed by atoms with E-state index in [-0.39, 0.29) is 18.6 Å². The van der Waals surface area contributed by atoms with Crippen LogP contribution in [-0.4, -0.2) is 22.4 Å². The summed E-state index contributed by atoms with van der Waals surface area (Å²) in [5.74, 6) is 0.693. The van der Waals surface area contributed by atoms with Crippen molar-refractivity contribution in [2.75, 3.05) is 6.61 Å². The lowest BCUT2D eigenvalue weighted by Crippen LogP contribution is -2.05. The average Bonchev–Trinajstić information content (AvgIpc) is 2.80. The Balaban J connectivity index is 1.87. The molecule has 0 aliphatic rings. The van der Waals surface area contributed by atoms with Gasteiger partial charge >= 0.3 is 7.60 Å². The molecule has 3 rings (SSSR count). The molecule has 0 fully saturated rings. The van der Waals surface area contributed by atoms with Crippen molar-refractivity contribution in [2.24, 2.45) is 0 Å². The zero-order valence-corrected chi connectivity index (χ0v) is 19.7. The maximum Gasteiger partial charge on any atom is 0.383 e. The van der Waals surface area contributed by atoms with Crippen molar-refractivity contribution in [3.8, 4) is 16.9 Å². The number of hydrogen-bond acceptors (Lipinski definition) is 6. The van der Waals surface area contributed by atoms with E-state index in [0.717, 1.165) is 27.8 Å². The molecule has 32 heavy (non-hydrogen) atoms. The van der Waals surface area contributed by atoms with Gasteiger partial charge in [-0.1, -0.05) is 43.3 Å². The first-order valence-corrected chi connectivity index (χ1v) is 12.5. The summed E-state index contributed by atoms with van der Waals surface area (Å²) >= 11 is 0. The minimum atomic E-state index is -3.51. The fourth-order valence-corrected chi connectivity index (χ4v) is 5.21. The van der Waals surface area contributed by atoms with Crippen LogP contribution in [0, 0.1) is 6.92 Å². The summed E-state index contributed by atoms with van der Waals surface area (Å²) in [6.45, 7) is 5.91. The van der Waals surface area contributed by atoms with Gasteiger partial charge in [-0.2, -0.15) is 0 Å². The summed E-state index contributed by atoms with van der Waals surface area (Å²) in [6, 6.07) is 13.4. The molecule has 0 spiro atoms. The van der Waals surface area contributed by atoms with Gasteiger partial charge in [-0.25, -0.2) is 14.5 Å². The van der Waals surface area contributed by atoms with Crippen molar-refractivity contribution in [3.63, 3.8) is 0 Å². The Morgan fingerprint density at radius 2 is 1.81 bits per heavy atom. The third-order valence-electron chi connectivity index (χ3n) is 5.19. The van der Waals surface area contributed by atoms with Crippen LogP contribution in [-0.2, 0) is 26.5 Å². The lowest BCUT2D eigenvalue weighted by molar-refractivity contribution is -0.118. The van der Waals surface area contributed by atoms with Crippen LogP contribution in [0.3, 0.4) is 0 Å². The van der Waals surface area contributed by atoms with Gasteiger partial charge in [-0.3, -0.25) is 9.32 Å². The van der Waals surface area contributed by atoms with Crippen LogP contribution in [0.15, 0.2) is 61.2 Å². The van der Waals surface area contributed by atoms with E-state index >= 15 is 0 Å². The summed E-state index contributed by atoms with van der Waals surface area (Å²) in [5.41, 5.74) is 4.45. The van der Waals surface area contributed by atoms with Crippen molar-refractivity contribution in [3.05, 3.63) is 77.9 Å². The number of rotatable bonds is 11. The molecule has 0 bridgehead atoms. The van der Waals surface area contributed by atoms with Gasteiger partial charge in [0.1, 0.15) is 17.9 Å². The second-order valence-corrected chi connectivity index (χ2v) is 9.53. The van der Waals surface area contributed by atoms with E-state index in [4.69, 9.17) is 9.05 Å². The number of hydrogen-bond donors (Lipinski definition) is 0. The molecule has 168 valence electrons. The number of Topliss-reactive ketones (excluding diaryl/α,β-unsaturated/α-hetero) is 1. The van der Waals surface area contributed by atoms with Gasteiger partial charge in [0.2, 0.25) is 0 Å². The highest BCUT2D eigenvalue weighted by Crippen LogP contribution is 2.53. The molecule has 7 heteroatoms. The Kier molecular flexibility index (Phi) is 8.32. The molecule has 0 radical (unpaired) electrons. The average molecular weight is 452 g/mol. The van der Waals surface area contributed by atoms with Crippen molar-refractivity contribution in [2.45, 2.75) is 46.2 Å². The summed E-state index contributed by atoms with van der Waals surface area (Å²) in [7, 11) is -3.51. The fourth-order valence-electron chi connectivity index (χ4n) is 3.39. The number of para-hydroxylation sites is 1. The van der Waals surface area contributed by atoms with Gasteiger partial charge in [0, 0.05) is 36.4 Å². The number of benzene rings is 2. The van der Waals surface area contributed by atoms with Gasteiger partial charge < -0.3 is 4.52 Å². The minimum Gasteiger partial charge on any atom is -0.423 e. The summed E-state index contributed by atoms with van der Waals surface area (Å²) < 4.78 is 25.5. The largest absolute Gasteiger partial charge is 0.423 e. The second kappa shape index (κ2) is 11.2.